The van der Waals surface area contributed by atoms with Gasteiger partial charge in [0.05, 0.1) is 0 Å². The van der Waals surface area contributed by atoms with Gasteiger partial charge >= 0.3 is 17.9 Å². The number of carbonyl (C=O) groups excluding carboxylic acids is 1. The van der Waals surface area contributed by atoms with Gasteiger partial charge in [-0.25, -0.2) is 9.59 Å². The number of aromatic hydroxyl groups is 1. The number of amides is 1. The molecule has 0 saturated carbocycles. The van der Waals surface area contributed by atoms with E-state index in [2.05, 4.69) is 10.1 Å². The van der Waals surface area contributed by atoms with E-state index in [0.717, 1.165) is 0 Å². The molecule has 1 aromatic heterocycles. The van der Waals surface area contributed by atoms with E-state index in [-0.39, 0.29) is 23.0 Å². The zero-order chi connectivity index (χ0) is 26.2. The third-order valence-corrected chi connectivity index (χ3v) is 4.78. The highest BCUT2D eigenvalue weighted by molar-refractivity contribution is 6.12. The van der Waals surface area contributed by atoms with Crippen molar-refractivity contribution in [3.63, 3.8) is 0 Å². The number of rotatable bonds is 10. The fourth-order valence-corrected chi connectivity index (χ4v) is 2.99. The van der Waals surface area contributed by atoms with E-state index in [0.29, 0.717) is 18.4 Å². The first-order chi connectivity index (χ1) is 16.4. The van der Waals surface area contributed by atoms with Crippen LogP contribution >= 0.6 is 0 Å². The Kier molecular flexibility index (Phi) is 9.26. The predicted octanol–water partition coefficient (Wildman–Crippen LogP) is 5.24. The number of ether oxygens (including phenoxy) is 1. The Morgan fingerprint density at radius 1 is 1.23 bits per heavy atom. The minimum atomic E-state index is -4.46. The molecule has 188 valence electrons. The molecule has 1 amide bonds. The summed E-state index contributed by atoms with van der Waals surface area (Å²) in [6, 6.07) is 6.69. The number of Topliss-reactive ketones (excluding diaryl/α,β-unsaturated/α-hetero) is 1. The van der Waals surface area contributed by atoms with Gasteiger partial charge in [-0.1, -0.05) is 25.1 Å². The van der Waals surface area contributed by atoms with E-state index >= 15 is 0 Å². The molecule has 0 aliphatic rings. The van der Waals surface area contributed by atoms with Gasteiger partial charge in [-0.3, -0.25) is 10.1 Å². The van der Waals surface area contributed by atoms with E-state index in [1.54, 1.807) is 13.0 Å². The van der Waals surface area contributed by atoms with Crippen LogP contribution in [0.25, 0.3) is 6.08 Å². The summed E-state index contributed by atoms with van der Waals surface area (Å²) >= 11 is 0. The number of alkyl halides is 3. The summed E-state index contributed by atoms with van der Waals surface area (Å²) in [6.45, 7) is 1.73. The SMILES string of the molecule is CC(=Cc1ccc(OCC(F)(F)F)cc1)C(=O)c1c(O)cc(C(C)CCC=CNC(=O)O)oc1=O. The minimum absolute atomic E-state index is 0.0000845. The van der Waals surface area contributed by atoms with Gasteiger partial charge in [-0.05, 0) is 49.1 Å². The largest absolute Gasteiger partial charge is 0.507 e. The topological polar surface area (TPSA) is 126 Å². The molecule has 35 heavy (non-hydrogen) atoms. The number of ketones is 1. The van der Waals surface area contributed by atoms with Crippen molar-refractivity contribution < 1.29 is 42.1 Å². The van der Waals surface area contributed by atoms with Crippen LogP contribution in [0.5, 0.6) is 11.5 Å². The van der Waals surface area contributed by atoms with Gasteiger partial charge in [0.25, 0.3) is 0 Å². The molecule has 0 aliphatic carbocycles. The average molecular weight is 495 g/mol. The van der Waals surface area contributed by atoms with E-state index in [1.165, 1.54) is 49.5 Å². The van der Waals surface area contributed by atoms with Crippen molar-refractivity contribution in [1.82, 2.24) is 5.32 Å². The molecule has 2 rings (SSSR count). The summed E-state index contributed by atoms with van der Waals surface area (Å²) in [5.41, 5.74) is -0.989. The Morgan fingerprint density at radius 2 is 1.89 bits per heavy atom. The maximum Gasteiger partial charge on any atom is 0.422 e. The molecule has 0 radical (unpaired) electrons. The van der Waals surface area contributed by atoms with Crippen LogP contribution in [0.3, 0.4) is 0 Å². The van der Waals surface area contributed by atoms with Crippen molar-refractivity contribution in [2.75, 3.05) is 6.61 Å². The second kappa shape index (κ2) is 11.9. The van der Waals surface area contributed by atoms with E-state index in [1.807, 2.05) is 0 Å². The molecule has 0 fully saturated rings. The quantitative estimate of drug-likeness (QED) is 0.304. The van der Waals surface area contributed by atoms with Gasteiger partial charge in [0.2, 0.25) is 0 Å². The van der Waals surface area contributed by atoms with Crippen LogP contribution in [0.15, 0.2) is 57.4 Å². The molecule has 1 unspecified atom stereocenters. The van der Waals surface area contributed by atoms with Crippen LogP contribution in [0.2, 0.25) is 0 Å². The predicted molar refractivity (Wildman–Crippen MR) is 121 cm³/mol. The third-order valence-electron chi connectivity index (χ3n) is 4.78. The van der Waals surface area contributed by atoms with Crippen molar-refractivity contribution in [2.24, 2.45) is 0 Å². The number of carboxylic acid groups (broad SMARTS) is 1. The Balaban J connectivity index is 2.11. The van der Waals surface area contributed by atoms with Crippen LogP contribution < -0.4 is 15.7 Å². The van der Waals surface area contributed by atoms with Crippen molar-refractivity contribution in [2.45, 2.75) is 38.8 Å². The Labute approximate surface area is 198 Å². The molecule has 0 bridgehead atoms. The van der Waals surface area contributed by atoms with Crippen molar-refractivity contribution in [3.8, 4) is 11.5 Å². The molecule has 3 N–H and O–H groups in total. The minimum Gasteiger partial charge on any atom is -0.507 e. The standard InChI is InChI=1S/C24H24F3NO7/c1-14(5-3-4-10-28-23(32)33)19-12-18(29)20(22(31)35-19)21(30)15(2)11-16-6-8-17(9-7-16)34-13-24(25,26)27/h4,6-12,14,28-29H,3,5,13H2,1-2H3,(H,32,33). The van der Waals surface area contributed by atoms with Crippen molar-refractivity contribution in [3.05, 3.63) is 75.5 Å². The highest BCUT2D eigenvalue weighted by atomic mass is 19.4. The van der Waals surface area contributed by atoms with Crippen molar-refractivity contribution >= 4 is 18.0 Å². The maximum atomic E-state index is 12.7. The summed E-state index contributed by atoms with van der Waals surface area (Å²) in [7, 11) is 0. The third kappa shape index (κ3) is 8.69. The smallest absolute Gasteiger partial charge is 0.422 e. The first-order valence-electron chi connectivity index (χ1n) is 10.4. The first kappa shape index (κ1) is 27.2. The molecular formula is C24H24F3NO7. The number of allylic oxidation sites excluding steroid dienone is 2. The molecule has 1 aromatic carbocycles. The van der Waals surface area contributed by atoms with Gasteiger partial charge in [0.15, 0.2) is 12.4 Å². The van der Waals surface area contributed by atoms with Crippen LogP contribution in [-0.2, 0) is 0 Å². The van der Waals surface area contributed by atoms with Crippen LogP contribution in [-0.4, -0.2) is 34.9 Å². The number of halogens is 3. The summed E-state index contributed by atoms with van der Waals surface area (Å²) < 4.78 is 46.6. The highest BCUT2D eigenvalue weighted by Crippen LogP contribution is 2.26. The number of carbonyl (C=O) groups is 2. The zero-order valence-corrected chi connectivity index (χ0v) is 18.9. The van der Waals surface area contributed by atoms with E-state index in [4.69, 9.17) is 9.52 Å². The lowest BCUT2D eigenvalue weighted by Crippen LogP contribution is -2.19. The lowest BCUT2D eigenvalue weighted by atomic mass is 9.99. The fraction of sp³-hybridized carbons (Fsp3) is 0.292. The Morgan fingerprint density at radius 3 is 2.46 bits per heavy atom. The van der Waals surface area contributed by atoms with E-state index < -0.39 is 41.6 Å². The molecule has 11 heteroatoms. The maximum absolute atomic E-state index is 12.7. The second-order valence-corrected chi connectivity index (χ2v) is 7.66. The summed E-state index contributed by atoms with van der Waals surface area (Å²) in [6.07, 6.45) is -0.450. The fourth-order valence-electron chi connectivity index (χ4n) is 2.99. The number of hydrogen-bond donors (Lipinski definition) is 3. The molecule has 2 aromatic rings. The van der Waals surface area contributed by atoms with Crippen LogP contribution in [0, 0.1) is 0 Å². The lowest BCUT2D eigenvalue weighted by Gasteiger charge is -2.11. The van der Waals surface area contributed by atoms with Gasteiger partial charge in [-0.2, -0.15) is 13.2 Å². The van der Waals surface area contributed by atoms with Gasteiger partial charge < -0.3 is 19.4 Å². The monoisotopic (exact) mass is 495 g/mol. The molecule has 8 nitrogen and oxygen atoms in total. The summed E-state index contributed by atoms with van der Waals surface area (Å²) in [5.74, 6) is -1.45. The molecule has 1 heterocycles. The zero-order valence-electron chi connectivity index (χ0n) is 18.9. The molecule has 0 aliphatic heterocycles. The normalized spacial score (nSPS) is 13.0. The Bertz CT molecular complexity index is 1170. The van der Waals surface area contributed by atoms with Gasteiger partial charge in [-0.15, -0.1) is 0 Å². The van der Waals surface area contributed by atoms with Crippen molar-refractivity contribution in [1.29, 1.82) is 0 Å². The summed E-state index contributed by atoms with van der Waals surface area (Å²) in [4.78, 5) is 35.6. The number of benzene rings is 1. The van der Waals surface area contributed by atoms with Crippen LogP contribution in [0.4, 0.5) is 18.0 Å². The summed E-state index contributed by atoms with van der Waals surface area (Å²) in [5, 5.41) is 20.9. The van der Waals surface area contributed by atoms with Gasteiger partial charge in [0.1, 0.15) is 22.8 Å². The Hall–Kier alpha value is -4.02. The molecular weight excluding hydrogens is 471 g/mol. The van der Waals surface area contributed by atoms with Gasteiger partial charge in [0, 0.05) is 18.2 Å². The molecule has 0 spiro atoms. The first-order valence-corrected chi connectivity index (χ1v) is 10.4. The lowest BCUT2D eigenvalue weighted by molar-refractivity contribution is -0.153. The highest BCUT2D eigenvalue weighted by Gasteiger charge is 2.28. The van der Waals surface area contributed by atoms with Crippen LogP contribution in [0.1, 0.15) is 54.3 Å². The number of nitrogens with one attached hydrogen (secondary N) is 1. The molecule has 0 saturated heterocycles. The molecule has 1 atom stereocenters. The number of hydrogen-bond acceptors (Lipinski definition) is 6. The second-order valence-electron chi connectivity index (χ2n) is 7.66. The van der Waals surface area contributed by atoms with E-state index in [9.17, 15) is 32.7 Å². The average Bonchev–Trinajstić information content (AvgIpc) is 2.76.